The van der Waals surface area contributed by atoms with Gasteiger partial charge in [-0.3, -0.25) is 0 Å². The van der Waals surface area contributed by atoms with Gasteiger partial charge in [-0.15, -0.1) is 0 Å². The van der Waals surface area contributed by atoms with E-state index in [0.29, 0.717) is 6.61 Å². The second kappa shape index (κ2) is 7.97. The van der Waals surface area contributed by atoms with E-state index in [1.807, 2.05) is 12.1 Å². The first-order valence-electron chi connectivity index (χ1n) is 6.82. The van der Waals surface area contributed by atoms with Gasteiger partial charge in [0.1, 0.15) is 12.4 Å². The van der Waals surface area contributed by atoms with Gasteiger partial charge in [0.05, 0.1) is 0 Å². The van der Waals surface area contributed by atoms with Crippen LogP contribution in [0.5, 0.6) is 5.75 Å². The van der Waals surface area contributed by atoms with Gasteiger partial charge in [-0.2, -0.15) is 0 Å². The van der Waals surface area contributed by atoms with Gasteiger partial charge >= 0.3 is 0 Å². The molecule has 3 heteroatoms. The number of aliphatic hydroxyl groups excluding tert-OH is 1. The summed E-state index contributed by atoms with van der Waals surface area (Å²) in [5.74, 6) is 0.859. The highest BCUT2D eigenvalue weighted by Crippen LogP contribution is 2.16. The molecule has 0 spiro atoms. The number of benzene rings is 1. The molecule has 0 saturated heterocycles. The molecule has 0 aliphatic carbocycles. The van der Waals surface area contributed by atoms with E-state index in [2.05, 4.69) is 37.9 Å². The van der Waals surface area contributed by atoms with Crippen LogP contribution in [0.2, 0.25) is 0 Å². The molecule has 0 radical (unpaired) electrons. The molecule has 0 amide bonds. The monoisotopic (exact) mass is 263 g/mol. The molecule has 0 bridgehead atoms. The van der Waals surface area contributed by atoms with Crippen LogP contribution in [0.25, 0.3) is 0 Å². The smallest absolute Gasteiger partial charge is 0.119 e. The number of rotatable bonds is 9. The molecule has 106 valence electrons. The maximum absolute atomic E-state index is 9.08. The molecule has 0 aliphatic rings. The summed E-state index contributed by atoms with van der Waals surface area (Å²) in [6, 6.07) is 8.05. The zero-order chi connectivity index (χ0) is 14.1. The van der Waals surface area contributed by atoms with Gasteiger partial charge in [0.25, 0.3) is 0 Å². The van der Waals surface area contributed by atoms with Crippen molar-refractivity contribution in [1.29, 1.82) is 0 Å². The first-order chi connectivity index (χ1) is 9.13. The van der Waals surface area contributed by atoms with E-state index < -0.39 is 0 Å². The average Bonchev–Trinajstić information content (AvgIpc) is 2.44. The fraction of sp³-hybridized carbons (Fsp3) is 0.500. The number of hydrogen-bond acceptors (Lipinski definition) is 3. The first kappa shape index (κ1) is 15.7. The Morgan fingerprint density at radius 1 is 1.37 bits per heavy atom. The topological polar surface area (TPSA) is 41.5 Å². The Morgan fingerprint density at radius 2 is 2.05 bits per heavy atom. The third kappa shape index (κ3) is 5.45. The van der Waals surface area contributed by atoms with E-state index in [0.717, 1.165) is 25.1 Å². The van der Waals surface area contributed by atoms with Crippen molar-refractivity contribution in [2.75, 3.05) is 13.2 Å². The van der Waals surface area contributed by atoms with Gasteiger partial charge in [0.15, 0.2) is 0 Å². The Kier molecular flexibility index (Phi) is 6.60. The number of nitrogens with one attached hydrogen (secondary N) is 1. The standard InChI is InChI=1S/C16H25NO2/c1-4-12-19-15-8-6-14(7-9-15)13-17-16(3,5-2)10-11-18/h4,6-9,17-18H,1,5,10-13H2,2-3H3. The molecule has 1 unspecified atom stereocenters. The van der Waals surface area contributed by atoms with E-state index in [1.165, 1.54) is 5.56 Å². The van der Waals surface area contributed by atoms with Gasteiger partial charge < -0.3 is 15.2 Å². The minimum absolute atomic E-state index is 0.00718. The summed E-state index contributed by atoms with van der Waals surface area (Å²) in [6.07, 6.45) is 3.50. The molecule has 0 aromatic heterocycles. The van der Waals surface area contributed by atoms with Crippen molar-refractivity contribution in [1.82, 2.24) is 5.32 Å². The third-order valence-electron chi connectivity index (χ3n) is 3.45. The fourth-order valence-electron chi connectivity index (χ4n) is 1.81. The summed E-state index contributed by atoms with van der Waals surface area (Å²) in [4.78, 5) is 0. The van der Waals surface area contributed by atoms with Gasteiger partial charge in [0, 0.05) is 18.7 Å². The maximum Gasteiger partial charge on any atom is 0.119 e. The molecule has 2 N–H and O–H groups in total. The lowest BCUT2D eigenvalue weighted by molar-refractivity contribution is 0.214. The fourth-order valence-corrected chi connectivity index (χ4v) is 1.81. The molecule has 0 heterocycles. The number of aliphatic hydroxyl groups is 1. The van der Waals surface area contributed by atoms with E-state index in [9.17, 15) is 0 Å². The minimum atomic E-state index is -0.00718. The predicted octanol–water partition coefficient (Wildman–Crippen LogP) is 2.89. The van der Waals surface area contributed by atoms with Crippen molar-refractivity contribution in [3.8, 4) is 5.75 Å². The highest BCUT2D eigenvalue weighted by atomic mass is 16.5. The molecule has 1 atom stereocenters. The lowest BCUT2D eigenvalue weighted by Gasteiger charge is -2.29. The minimum Gasteiger partial charge on any atom is -0.490 e. The van der Waals surface area contributed by atoms with Crippen LogP contribution in [0.3, 0.4) is 0 Å². The normalized spacial score (nSPS) is 13.8. The zero-order valence-corrected chi connectivity index (χ0v) is 12.0. The maximum atomic E-state index is 9.08. The van der Waals surface area contributed by atoms with Crippen LogP contribution in [0, 0.1) is 0 Å². The molecule has 1 rings (SSSR count). The zero-order valence-electron chi connectivity index (χ0n) is 12.0. The van der Waals surface area contributed by atoms with Crippen LogP contribution in [-0.4, -0.2) is 23.9 Å². The molecule has 0 aliphatic heterocycles. The van der Waals surface area contributed by atoms with Crippen molar-refractivity contribution in [3.63, 3.8) is 0 Å². The van der Waals surface area contributed by atoms with Crippen LogP contribution in [-0.2, 0) is 6.54 Å². The Hall–Kier alpha value is -1.32. The highest BCUT2D eigenvalue weighted by molar-refractivity contribution is 5.27. The van der Waals surface area contributed by atoms with Gasteiger partial charge in [-0.25, -0.2) is 0 Å². The predicted molar refractivity (Wildman–Crippen MR) is 79.4 cm³/mol. The van der Waals surface area contributed by atoms with E-state index in [4.69, 9.17) is 9.84 Å². The lowest BCUT2D eigenvalue weighted by Crippen LogP contribution is -2.42. The van der Waals surface area contributed by atoms with Gasteiger partial charge in [-0.1, -0.05) is 31.7 Å². The average molecular weight is 263 g/mol. The van der Waals surface area contributed by atoms with E-state index >= 15 is 0 Å². The van der Waals surface area contributed by atoms with Crippen LogP contribution >= 0.6 is 0 Å². The Balaban J connectivity index is 2.50. The quantitative estimate of drug-likeness (QED) is 0.673. The van der Waals surface area contributed by atoms with Crippen LogP contribution in [0.15, 0.2) is 36.9 Å². The van der Waals surface area contributed by atoms with Crippen molar-refractivity contribution in [2.24, 2.45) is 0 Å². The Morgan fingerprint density at radius 3 is 2.58 bits per heavy atom. The summed E-state index contributed by atoms with van der Waals surface area (Å²) in [5.41, 5.74) is 1.20. The molecule has 0 saturated carbocycles. The van der Waals surface area contributed by atoms with E-state index in [-0.39, 0.29) is 12.1 Å². The molecule has 3 nitrogen and oxygen atoms in total. The third-order valence-corrected chi connectivity index (χ3v) is 3.45. The van der Waals surface area contributed by atoms with Crippen LogP contribution in [0.1, 0.15) is 32.3 Å². The molecule has 0 fully saturated rings. The van der Waals surface area contributed by atoms with Crippen molar-refractivity contribution in [3.05, 3.63) is 42.5 Å². The summed E-state index contributed by atoms with van der Waals surface area (Å²) in [7, 11) is 0. The summed E-state index contributed by atoms with van der Waals surface area (Å²) < 4.78 is 5.44. The number of ether oxygens (including phenoxy) is 1. The highest BCUT2D eigenvalue weighted by Gasteiger charge is 2.19. The largest absolute Gasteiger partial charge is 0.490 e. The van der Waals surface area contributed by atoms with Crippen molar-refractivity contribution in [2.45, 2.75) is 38.8 Å². The van der Waals surface area contributed by atoms with Crippen LogP contribution in [0.4, 0.5) is 0 Å². The van der Waals surface area contributed by atoms with E-state index in [1.54, 1.807) is 6.08 Å². The Bertz CT molecular complexity index is 375. The molecule has 1 aromatic rings. The molecular weight excluding hydrogens is 238 g/mol. The molecular formula is C16H25NO2. The summed E-state index contributed by atoms with van der Waals surface area (Å²) in [6.45, 7) is 9.44. The van der Waals surface area contributed by atoms with Crippen molar-refractivity contribution >= 4 is 0 Å². The van der Waals surface area contributed by atoms with Gasteiger partial charge in [0.2, 0.25) is 0 Å². The van der Waals surface area contributed by atoms with Gasteiger partial charge in [-0.05, 0) is 37.5 Å². The summed E-state index contributed by atoms with van der Waals surface area (Å²) in [5, 5.41) is 12.6. The van der Waals surface area contributed by atoms with Crippen molar-refractivity contribution < 1.29 is 9.84 Å². The SMILES string of the molecule is C=CCOc1ccc(CNC(C)(CC)CCO)cc1. The van der Waals surface area contributed by atoms with Crippen LogP contribution < -0.4 is 10.1 Å². The molecule has 19 heavy (non-hydrogen) atoms. The molecule has 1 aromatic carbocycles. The second-order valence-corrected chi connectivity index (χ2v) is 4.99. The summed E-state index contributed by atoms with van der Waals surface area (Å²) >= 11 is 0. The second-order valence-electron chi connectivity index (χ2n) is 4.99. The Labute approximate surface area is 116 Å². The number of hydrogen-bond donors (Lipinski definition) is 2. The first-order valence-corrected chi connectivity index (χ1v) is 6.82. The lowest BCUT2D eigenvalue weighted by atomic mass is 9.94.